The van der Waals surface area contributed by atoms with Gasteiger partial charge in [0.2, 0.25) is 0 Å². The van der Waals surface area contributed by atoms with E-state index in [2.05, 4.69) is 212 Å². The van der Waals surface area contributed by atoms with Crippen LogP contribution in [0.25, 0.3) is 122 Å². The minimum absolute atomic E-state index is 0. The summed E-state index contributed by atoms with van der Waals surface area (Å²) < 4.78 is 0. The second kappa shape index (κ2) is 57.2. The number of aromatic nitrogens is 6. The molecular formula is C110H101Ir5N6O8-5. The standard InChI is InChI=1S/C21H14N.C20H17N2.C19H18N.2C15H10N.4C5H8O2.5Ir/c1-3-9-16(10-4-1)19-15-18-13-7-8-14-20(18)22-21(19)17-11-5-2-6-12-17;1-3-9-15(10-4-1)19-20(16-11-5-2-6-12-16)22-18-14-8-7-13-17(18)21-19;1-19(2,3)16-10-8-15(9-11-16)18-17-7-5-4-6-14(17)12-13-20-18;1-2-7-13(8-3-1)15-14-9-5-4-6-12(14)10-11-16-15;1-2-6-12(7-3-1)15-11-10-13-8-4-5-9-14(13)16-15;4*1-4(6)3-5(2)7;;;;;/h1-11,13-15H;1-6,9-11H,7-8,13-14H2;4-8,10-13H,1-3H3;1-7,9-11H;1-6,8-11H;4*3,6H,1-2H3;;;;;/q5*-1;;;;;;;;;. The second-order valence-corrected chi connectivity index (χ2v) is 29.9. The van der Waals surface area contributed by atoms with Crippen LogP contribution in [0.2, 0.25) is 0 Å². The number of benzene rings is 11. The molecule has 0 unspecified atom stereocenters. The molecule has 129 heavy (non-hydrogen) atoms. The number of ketones is 4. The van der Waals surface area contributed by atoms with Crippen LogP contribution in [0, 0.1) is 30.3 Å². The normalized spacial score (nSPS) is 11.1. The molecule has 5 heterocycles. The Balaban J connectivity index is 0.000000313. The fraction of sp³-hybridized carbons (Fsp3) is 0.145. The van der Waals surface area contributed by atoms with Crippen molar-refractivity contribution in [2.45, 2.75) is 107 Å². The molecule has 5 aromatic heterocycles. The number of carbonyl (C=O) groups is 4. The predicted octanol–water partition coefficient (Wildman–Crippen LogP) is 26.4. The van der Waals surface area contributed by atoms with Gasteiger partial charge in [-0.25, -0.2) is 0 Å². The van der Waals surface area contributed by atoms with Gasteiger partial charge in [-0.2, -0.15) is 0 Å². The van der Waals surface area contributed by atoms with E-state index in [1.54, 1.807) is 0 Å². The van der Waals surface area contributed by atoms with Crippen molar-refractivity contribution in [3.8, 4) is 78.7 Å². The SMILES string of the molecule is CC(=O)C=C(C)O.CC(=O)C=C(C)O.CC(=O)C=C(C)O.CC(=O)C=C(C)O.CC(C)(C)c1c[c-]c(-c2nccc3ccccc23)cc1.[Ir].[Ir].[Ir].[Ir].[Ir].[c-]1ccccc1-c1ccc2ccccc2n1.[c-]1ccccc1-c1nc2c(nc1-c1ccccc1)CCCC2.[c-]1ccccc1-c1nc2ccccc2cc1-c1ccccc1.[c-]1ccccc1-c1nccc2ccccc12. The monoisotopic (exact) mass is 2600 g/mol. The summed E-state index contributed by atoms with van der Waals surface area (Å²) in [5.41, 5.74) is 20.3. The molecule has 0 fully saturated rings. The van der Waals surface area contributed by atoms with Gasteiger partial charge in [-0.15, -0.1) is 179 Å². The number of carbonyl (C=O) groups excluding carboxylic acids is 4. The zero-order valence-corrected chi connectivity index (χ0v) is 85.4. The summed E-state index contributed by atoms with van der Waals surface area (Å²) in [4.78, 5) is 68.5. The summed E-state index contributed by atoms with van der Waals surface area (Å²) in [5.74, 6) is -0.250. The minimum Gasteiger partial charge on any atom is -0.512 e. The van der Waals surface area contributed by atoms with Gasteiger partial charge >= 0.3 is 0 Å². The quantitative estimate of drug-likeness (QED) is 0.0537. The van der Waals surface area contributed by atoms with Gasteiger partial charge in [-0.05, 0) is 183 Å². The van der Waals surface area contributed by atoms with Gasteiger partial charge in [0.05, 0.1) is 51.2 Å². The van der Waals surface area contributed by atoms with E-state index in [1.807, 2.05) is 170 Å². The summed E-state index contributed by atoms with van der Waals surface area (Å²) >= 11 is 0. The molecule has 16 aromatic rings. The number of para-hydroxylation sites is 2. The molecule has 0 saturated heterocycles. The first-order valence-corrected chi connectivity index (χ1v) is 40.6. The number of nitrogens with zero attached hydrogens (tertiary/aromatic N) is 6. The number of rotatable bonds is 11. The van der Waals surface area contributed by atoms with Gasteiger partial charge in [0.15, 0.2) is 23.1 Å². The van der Waals surface area contributed by atoms with Crippen LogP contribution in [0.3, 0.4) is 0 Å². The molecule has 14 nitrogen and oxygen atoms in total. The van der Waals surface area contributed by atoms with Crippen LogP contribution < -0.4 is 0 Å². The Labute approximate surface area is 825 Å². The summed E-state index contributed by atoms with van der Waals surface area (Å²) in [6.07, 6.45) is 12.9. The Bertz CT molecular complexity index is 6030. The van der Waals surface area contributed by atoms with Crippen molar-refractivity contribution < 1.29 is 140 Å². The van der Waals surface area contributed by atoms with Gasteiger partial charge in [0, 0.05) is 143 Å². The Morgan fingerprint density at radius 2 is 0.674 bits per heavy atom. The van der Waals surface area contributed by atoms with E-state index in [-0.39, 0.29) is 152 Å². The molecule has 0 bridgehead atoms. The van der Waals surface area contributed by atoms with E-state index in [9.17, 15) is 19.2 Å². The Morgan fingerprint density at radius 1 is 0.318 bits per heavy atom. The van der Waals surface area contributed by atoms with E-state index in [1.165, 1.54) is 136 Å². The van der Waals surface area contributed by atoms with Crippen molar-refractivity contribution in [2.24, 2.45) is 0 Å². The molecule has 17 rings (SSSR count). The maximum Gasteiger partial charge on any atom is 0.155 e. The van der Waals surface area contributed by atoms with Crippen molar-refractivity contribution >= 4 is 66.5 Å². The van der Waals surface area contributed by atoms with Crippen molar-refractivity contribution in [3.05, 3.63) is 410 Å². The number of fused-ring (bicyclic) bond motifs is 5. The number of pyridine rings is 4. The van der Waals surface area contributed by atoms with Gasteiger partial charge in [-0.1, -0.05) is 185 Å². The van der Waals surface area contributed by atoms with Gasteiger partial charge in [0.1, 0.15) is 0 Å². The molecule has 19 heteroatoms. The summed E-state index contributed by atoms with van der Waals surface area (Å²) in [6.45, 7) is 18.0. The maximum atomic E-state index is 10.0. The average Bonchev–Trinajstić information content (AvgIpc) is 0.781. The van der Waals surface area contributed by atoms with Crippen LogP contribution in [0.4, 0.5) is 0 Å². The molecular weight excluding hydrogens is 2490 g/mol. The molecule has 11 aromatic carbocycles. The zero-order valence-electron chi connectivity index (χ0n) is 73.4. The van der Waals surface area contributed by atoms with E-state index in [4.69, 9.17) is 35.4 Å². The van der Waals surface area contributed by atoms with Gasteiger partial charge in [-0.3, -0.25) is 39.1 Å². The molecule has 0 saturated carbocycles. The van der Waals surface area contributed by atoms with Crippen LogP contribution in [-0.2, 0) is 138 Å². The topological polar surface area (TPSA) is 227 Å². The van der Waals surface area contributed by atoms with E-state index < -0.39 is 0 Å². The molecule has 5 radical (unpaired) electrons. The first-order valence-electron chi connectivity index (χ1n) is 40.6. The summed E-state index contributed by atoms with van der Waals surface area (Å²) in [6, 6.07) is 119. The molecule has 0 atom stereocenters. The molecule has 0 aliphatic heterocycles. The predicted molar refractivity (Wildman–Crippen MR) is 505 cm³/mol. The van der Waals surface area contributed by atoms with Crippen molar-refractivity contribution in [1.29, 1.82) is 0 Å². The van der Waals surface area contributed by atoms with Crippen LogP contribution in [0.5, 0.6) is 0 Å². The fourth-order valence-electron chi connectivity index (χ4n) is 12.9. The average molecular weight is 2600 g/mol. The molecule has 0 amide bonds. The molecule has 0 spiro atoms. The third-order valence-electron chi connectivity index (χ3n) is 18.4. The molecule has 1 aliphatic rings. The maximum absolute atomic E-state index is 10.0. The van der Waals surface area contributed by atoms with Crippen LogP contribution >= 0.6 is 0 Å². The number of aliphatic hydroxyl groups excluding tert-OH is 4. The second-order valence-electron chi connectivity index (χ2n) is 29.9. The van der Waals surface area contributed by atoms with Crippen LogP contribution in [-0.4, -0.2) is 73.5 Å². The van der Waals surface area contributed by atoms with Gasteiger partial charge in [0.25, 0.3) is 0 Å². The molecule has 1 aliphatic carbocycles. The summed E-state index contributed by atoms with van der Waals surface area (Å²) in [7, 11) is 0. The number of hydrogen-bond donors (Lipinski definition) is 4. The van der Waals surface area contributed by atoms with Crippen molar-refractivity contribution in [2.75, 3.05) is 0 Å². The molecule has 669 valence electrons. The zero-order chi connectivity index (χ0) is 88.8. The fourth-order valence-corrected chi connectivity index (χ4v) is 12.9. The van der Waals surface area contributed by atoms with Crippen molar-refractivity contribution in [3.63, 3.8) is 0 Å². The Morgan fingerprint density at radius 3 is 1.07 bits per heavy atom. The largest absolute Gasteiger partial charge is 0.512 e. The first-order chi connectivity index (χ1) is 59.8. The third kappa shape index (κ3) is 36.4. The van der Waals surface area contributed by atoms with Crippen LogP contribution in [0.1, 0.15) is 106 Å². The van der Waals surface area contributed by atoms with E-state index in [0.29, 0.717) is 0 Å². The Hall–Kier alpha value is -11.8. The Kier molecular flexibility index (Phi) is 48.6. The van der Waals surface area contributed by atoms with Gasteiger partial charge < -0.3 is 30.4 Å². The number of aryl methyl sites for hydroxylation is 2. The van der Waals surface area contributed by atoms with E-state index >= 15 is 0 Å². The smallest absolute Gasteiger partial charge is 0.155 e. The number of hydrogen-bond acceptors (Lipinski definition) is 14. The third-order valence-corrected chi connectivity index (χ3v) is 18.4. The number of allylic oxidation sites excluding steroid dienone is 8. The van der Waals surface area contributed by atoms with Crippen LogP contribution in [0.15, 0.2) is 363 Å². The summed E-state index contributed by atoms with van der Waals surface area (Å²) in [5, 5.41) is 40.6. The number of aliphatic hydroxyl groups is 4. The minimum atomic E-state index is -0.125. The van der Waals surface area contributed by atoms with Crippen molar-refractivity contribution in [1.82, 2.24) is 29.9 Å². The first kappa shape index (κ1) is 110. The molecule has 4 N–H and O–H groups in total. The van der Waals surface area contributed by atoms with E-state index in [0.717, 1.165) is 108 Å².